The molecule has 3 aliphatic carbocycles. The van der Waals surface area contributed by atoms with Gasteiger partial charge in [0.15, 0.2) is 0 Å². The van der Waals surface area contributed by atoms with Gasteiger partial charge in [-0.05, 0) is 37.2 Å². The fourth-order valence-electron chi connectivity index (χ4n) is 5.41. The molecule has 6 atom stereocenters. The van der Waals surface area contributed by atoms with Crippen LogP contribution >= 0.6 is 0 Å². The molecule has 3 rings (SSSR count). The summed E-state index contributed by atoms with van der Waals surface area (Å²) in [6, 6.07) is 0. The number of carboxylic acids is 2. The molecule has 0 unspecified atom stereocenters. The van der Waals surface area contributed by atoms with Gasteiger partial charge in [0.1, 0.15) is 0 Å². The molecule has 3 aliphatic rings. The van der Waals surface area contributed by atoms with Crippen LogP contribution in [0.2, 0.25) is 0 Å². The molecule has 0 saturated heterocycles. The Bertz CT molecular complexity index is 540. The van der Waals surface area contributed by atoms with Gasteiger partial charge in [-0.2, -0.15) is 0 Å². The van der Waals surface area contributed by atoms with E-state index in [1.54, 1.807) is 0 Å². The molecule has 4 N–H and O–H groups in total. The van der Waals surface area contributed by atoms with Gasteiger partial charge in [-0.1, -0.05) is 6.92 Å². The van der Waals surface area contributed by atoms with Crippen LogP contribution in [0.1, 0.15) is 26.2 Å². The smallest absolute Gasteiger partial charge is 0.331 e. The van der Waals surface area contributed by atoms with Crippen molar-refractivity contribution in [2.75, 3.05) is 6.61 Å². The molecule has 0 amide bonds. The van der Waals surface area contributed by atoms with Crippen LogP contribution < -0.4 is 0 Å². The molecule has 6 heteroatoms. The maximum absolute atomic E-state index is 11.6. The molecule has 1 spiro atoms. The number of rotatable bonds is 3. The van der Waals surface area contributed by atoms with Gasteiger partial charge < -0.3 is 20.4 Å². The Hall–Kier alpha value is -1.40. The SMILES string of the molecule is C[C@@]1(CO)[C@H]2C[C@]3([C@@H](C(=O)O)CC[C@@H]13)[C@@H](O)C=C2C(=O)O. The number of carbonyl (C=O) groups is 2. The number of carboxylic acid groups (broad SMARTS) is 2. The van der Waals surface area contributed by atoms with Crippen LogP contribution in [-0.4, -0.2) is 45.1 Å². The van der Waals surface area contributed by atoms with Gasteiger partial charge in [-0.3, -0.25) is 4.79 Å². The van der Waals surface area contributed by atoms with E-state index in [0.717, 1.165) is 0 Å². The molecule has 6 nitrogen and oxygen atoms in total. The van der Waals surface area contributed by atoms with Crippen LogP contribution in [0.15, 0.2) is 11.6 Å². The van der Waals surface area contributed by atoms with E-state index >= 15 is 0 Å². The minimum absolute atomic E-state index is 0.114. The average molecular weight is 296 g/mol. The lowest BCUT2D eigenvalue weighted by Crippen LogP contribution is -2.45. The van der Waals surface area contributed by atoms with Crippen molar-refractivity contribution in [2.24, 2.45) is 28.6 Å². The van der Waals surface area contributed by atoms with E-state index in [1.807, 2.05) is 6.92 Å². The topological polar surface area (TPSA) is 115 Å². The largest absolute Gasteiger partial charge is 0.481 e. The summed E-state index contributed by atoms with van der Waals surface area (Å²) in [6.07, 6.45) is 1.62. The molecular weight excluding hydrogens is 276 g/mol. The lowest BCUT2D eigenvalue weighted by atomic mass is 9.65. The Morgan fingerprint density at radius 3 is 2.52 bits per heavy atom. The van der Waals surface area contributed by atoms with Crippen molar-refractivity contribution >= 4 is 11.9 Å². The average Bonchev–Trinajstić information content (AvgIpc) is 2.89. The van der Waals surface area contributed by atoms with Crippen LogP contribution in [0.4, 0.5) is 0 Å². The third-order valence-electron chi connectivity index (χ3n) is 6.34. The predicted molar refractivity (Wildman–Crippen MR) is 71.3 cm³/mol. The van der Waals surface area contributed by atoms with Crippen LogP contribution in [0.5, 0.6) is 0 Å². The zero-order chi connectivity index (χ0) is 15.6. The van der Waals surface area contributed by atoms with Crippen molar-refractivity contribution in [3.05, 3.63) is 11.6 Å². The van der Waals surface area contributed by atoms with E-state index in [-0.39, 0.29) is 18.1 Å². The summed E-state index contributed by atoms with van der Waals surface area (Å²) in [7, 11) is 0. The van der Waals surface area contributed by atoms with Crippen LogP contribution in [0.25, 0.3) is 0 Å². The van der Waals surface area contributed by atoms with Crippen molar-refractivity contribution in [1.29, 1.82) is 0 Å². The van der Waals surface area contributed by atoms with E-state index in [4.69, 9.17) is 0 Å². The molecule has 2 saturated carbocycles. The Labute approximate surface area is 122 Å². The van der Waals surface area contributed by atoms with Gasteiger partial charge in [0.05, 0.1) is 12.0 Å². The molecule has 2 bridgehead atoms. The minimum atomic E-state index is -1.10. The lowest BCUT2D eigenvalue weighted by Gasteiger charge is -2.40. The summed E-state index contributed by atoms with van der Waals surface area (Å²) in [4.78, 5) is 23.0. The third-order valence-corrected chi connectivity index (χ3v) is 6.34. The maximum atomic E-state index is 11.6. The van der Waals surface area contributed by atoms with E-state index in [0.29, 0.717) is 19.3 Å². The zero-order valence-electron chi connectivity index (χ0n) is 11.8. The number of aliphatic carboxylic acids is 2. The first-order valence-corrected chi connectivity index (χ1v) is 7.25. The Kier molecular flexibility index (Phi) is 2.98. The standard InChI is InChI=1S/C15H20O6/c1-14(6-16)9-5-15(11(17)4-7(9)12(18)19)8(13(20)21)2-3-10(14)15/h4,8-11,16-17H,2-3,5-6H2,1H3,(H,18,19)(H,20,21)/t8-,9+,10+,11+,14-,15-/m1/s1. The van der Waals surface area contributed by atoms with E-state index in [2.05, 4.69) is 0 Å². The monoisotopic (exact) mass is 296 g/mol. The normalized spacial score (nSPS) is 47.9. The summed E-state index contributed by atoms with van der Waals surface area (Å²) in [6.45, 7) is 1.62. The first-order valence-electron chi connectivity index (χ1n) is 7.25. The summed E-state index contributed by atoms with van der Waals surface area (Å²) < 4.78 is 0. The summed E-state index contributed by atoms with van der Waals surface area (Å²) >= 11 is 0. The van der Waals surface area contributed by atoms with Crippen molar-refractivity contribution in [3.8, 4) is 0 Å². The van der Waals surface area contributed by atoms with E-state index in [9.17, 15) is 30.0 Å². The highest BCUT2D eigenvalue weighted by Gasteiger charge is 2.71. The number of aliphatic hydroxyl groups excluding tert-OH is 2. The molecule has 0 aromatic carbocycles. The van der Waals surface area contributed by atoms with Crippen molar-refractivity contribution in [3.63, 3.8) is 0 Å². The van der Waals surface area contributed by atoms with Gasteiger partial charge in [0.25, 0.3) is 0 Å². The molecule has 116 valence electrons. The molecule has 2 fully saturated rings. The summed E-state index contributed by atoms with van der Waals surface area (Å²) in [5.74, 6) is -3.30. The van der Waals surface area contributed by atoms with Crippen LogP contribution in [-0.2, 0) is 9.59 Å². The number of hydrogen-bond acceptors (Lipinski definition) is 4. The second kappa shape index (κ2) is 4.30. The van der Waals surface area contributed by atoms with Crippen molar-refractivity contribution < 1.29 is 30.0 Å². The van der Waals surface area contributed by atoms with E-state index in [1.165, 1.54) is 6.08 Å². The highest BCUT2D eigenvalue weighted by Crippen LogP contribution is 2.71. The van der Waals surface area contributed by atoms with Crippen LogP contribution in [0.3, 0.4) is 0 Å². The van der Waals surface area contributed by atoms with Crippen molar-refractivity contribution in [2.45, 2.75) is 32.3 Å². The highest BCUT2D eigenvalue weighted by molar-refractivity contribution is 5.88. The quantitative estimate of drug-likeness (QED) is 0.602. The number of aliphatic hydroxyl groups is 2. The van der Waals surface area contributed by atoms with Gasteiger partial charge >= 0.3 is 11.9 Å². The second-order valence-corrected chi connectivity index (χ2v) is 6.93. The number of fused-ring (bicyclic) bond motifs is 1. The van der Waals surface area contributed by atoms with Crippen LogP contribution in [0, 0.1) is 28.6 Å². The Morgan fingerprint density at radius 2 is 2.00 bits per heavy atom. The minimum Gasteiger partial charge on any atom is -0.481 e. The van der Waals surface area contributed by atoms with Gasteiger partial charge in [0.2, 0.25) is 0 Å². The third kappa shape index (κ3) is 1.54. The second-order valence-electron chi connectivity index (χ2n) is 6.93. The maximum Gasteiger partial charge on any atom is 0.331 e. The van der Waals surface area contributed by atoms with Gasteiger partial charge in [-0.25, -0.2) is 4.79 Å². The Balaban J connectivity index is 2.17. The molecule has 0 radical (unpaired) electrons. The fourth-order valence-corrected chi connectivity index (χ4v) is 5.41. The molecule has 0 aromatic heterocycles. The fraction of sp³-hybridized carbons (Fsp3) is 0.733. The zero-order valence-corrected chi connectivity index (χ0v) is 11.8. The van der Waals surface area contributed by atoms with Gasteiger partial charge in [0, 0.05) is 23.0 Å². The number of hydrogen-bond donors (Lipinski definition) is 4. The molecule has 0 heterocycles. The summed E-state index contributed by atoms with van der Waals surface area (Å²) in [5, 5.41) is 39.3. The lowest BCUT2D eigenvalue weighted by molar-refractivity contribution is -0.150. The van der Waals surface area contributed by atoms with E-state index < -0.39 is 40.7 Å². The summed E-state index contributed by atoms with van der Waals surface area (Å²) in [5.41, 5.74) is -1.41. The Morgan fingerprint density at radius 1 is 1.33 bits per heavy atom. The molecule has 21 heavy (non-hydrogen) atoms. The van der Waals surface area contributed by atoms with Gasteiger partial charge in [-0.15, -0.1) is 0 Å². The first kappa shape index (κ1) is 14.5. The molecule has 0 aromatic rings. The predicted octanol–water partition coefficient (Wildman–Crippen LogP) is 0.488. The van der Waals surface area contributed by atoms with Crippen molar-refractivity contribution in [1.82, 2.24) is 0 Å². The molecular formula is C15H20O6. The first-order chi connectivity index (χ1) is 9.79. The molecule has 0 aliphatic heterocycles. The highest BCUT2D eigenvalue weighted by atomic mass is 16.4.